The van der Waals surface area contributed by atoms with E-state index >= 15 is 0 Å². The predicted molar refractivity (Wildman–Crippen MR) is 81.4 cm³/mol. The van der Waals surface area contributed by atoms with E-state index in [9.17, 15) is 0 Å². The molecule has 0 amide bonds. The topological polar surface area (TPSA) is 15.3 Å². The SMILES string of the molecule is CCC(C)C1CNC2(CCCC2)CN1CCC1CC1. The summed E-state index contributed by atoms with van der Waals surface area (Å²) >= 11 is 0. The third-order valence-electron chi connectivity index (χ3n) is 6.04. The second-order valence-corrected chi connectivity index (χ2v) is 7.52. The summed E-state index contributed by atoms with van der Waals surface area (Å²) in [6.07, 6.45) is 11.5. The van der Waals surface area contributed by atoms with Crippen LogP contribution < -0.4 is 5.32 Å². The van der Waals surface area contributed by atoms with Gasteiger partial charge in [-0.3, -0.25) is 4.90 Å². The van der Waals surface area contributed by atoms with Gasteiger partial charge < -0.3 is 5.32 Å². The lowest BCUT2D eigenvalue weighted by molar-refractivity contribution is 0.0499. The van der Waals surface area contributed by atoms with Crippen molar-refractivity contribution in [2.45, 2.75) is 76.8 Å². The van der Waals surface area contributed by atoms with Crippen LogP contribution in [0.4, 0.5) is 0 Å². The van der Waals surface area contributed by atoms with Crippen LogP contribution in [-0.4, -0.2) is 36.1 Å². The summed E-state index contributed by atoms with van der Waals surface area (Å²) in [6.45, 7) is 8.73. The summed E-state index contributed by atoms with van der Waals surface area (Å²) in [5, 5.41) is 3.95. The largest absolute Gasteiger partial charge is 0.308 e. The molecule has 0 aromatic rings. The van der Waals surface area contributed by atoms with E-state index in [0.29, 0.717) is 5.54 Å². The molecule has 2 unspecified atom stereocenters. The maximum atomic E-state index is 3.95. The third-order valence-corrected chi connectivity index (χ3v) is 6.04. The van der Waals surface area contributed by atoms with E-state index in [1.54, 1.807) is 0 Å². The normalized spacial score (nSPS) is 32.8. The minimum Gasteiger partial charge on any atom is -0.308 e. The Morgan fingerprint density at radius 2 is 2.00 bits per heavy atom. The molecular formula is C17H32N2. The van der Waals surface area contributed by atoms with Crippen LogP contribution in [0.15, 0.2) is 0 Å². The molecule has 110 valence electrons. The van der Waals surface area contributed by atoms with Crippen molar-refractivity contribution < 1.29 is 0 Å². The Kier molecular flexibility index (Phi) is 4.19. The number of piperazine rings is 1. The Morgan fingerprint density at radius 1 is 1.26 bits per heavy atom. The van der Waals surface area contributed by atoms with Crippen LogP contribution in [0.3, 0.4) is 0 Å². The van der Waals surface area contributed by atoms with Crippen molar-refractivity contribution in [1.82, 2.24) is 10.2 Å². The first-order valence-electron chi connectivity index (χ1n) is 8.71. The van der Waals surface area contributed by atoms with Crippen molar-refractivity contribution in [1.29, 1.82) is 0 Å². The molecule has 3 fully saturated rings. The molecule has 1 aliphatic heterocycles. The molecule has 2 atom stereocenters. The molecule has 2 aliphatic carbocycles. The predicted octanol–water partition coefficient (Wildman–Crippen LogP) is 3.42. The van der Waals surface area contributed by atoms with Crippen LogP contribution >= 0.6 is 0 Å². The van der Waals surface area contributed by atoms with Crippen LogP contribution in [-0.2, 0) is 0 Å². The standard InChI is InChI=1S/C17H32N2/c1-3-14(2)16-12-18-17(9-4-5-10-17)13-19(16)11-8-15-6-7-15/h14-16,18H,3-13H2,1-2H3. The van der Waals surface area contributed by atoms with Gasteiger partial charge in [0.25, 0.3) is 0 Å². The smallest absolute Gasteiger partial charge is 0.0309 e. The fourth-order valence-corrected chi connectivity index (χ4v) is 4.23. The van der Waals surface area contributed by atoms with E-state index in [1.165, 1.54) is 71.0 Å². The van der Waals surface area contributed by atoms with Gasteiger partial charge in [0.15, 0.2) is 0 Å². The number of nitrogens with zero attached hydrogens (tertiary/aromatic N) is 1. The van der Waals surface area contributed by atoms with Gasteiger partial charge in [-0.25, -0.2) is 0 Å². The molecule has 0 aromatic heterocycles. The lowest BCUT2D eigenvalue weighted by atomic mass is 9.87. The summed E-state index contributed by atoms with van der Waals surface area (Å²) < 4.78 is 0. The van der Waals surface area contributed by atoms with Crippen molar-refractivity contribution in [2.75, 3.05) is 19.6 Å². The first kappa shape index (κ1) is 13.9. The van der Waals surface area contributed by atoms with Gasteiger partial charge in [0.1, 0.15) is 0 Å². The van der Waals surface area contributed by atoms with Crippen molar-refractivity contribution in [2.24, 2.45) is 11.8 Å². The van der Waals surface area contributed by atoms with Crippen molar-refractivity contribution in [3.05, 3.63) is 0 Å². The Hall–Kier alpha value is -0.0800. The Bertz CT molecular complexity index is 292. The van der Waals surface area contributed by atoms with Gasteiger partial charge in [-0.2, -0.15) is 0 Å². The van der Waals surface area contributed by atoms with Gasteiger partial charge >= 0.3 is 0 Å². The van der Waals surface area contributed by atoms with Gasteiger partial charge in [-0.1, -0.05) is 46.0 Å². The summed E-state index contributed by atoms with van der Waals surface area (Å²) in [7, 11) is 0. The number of hydrogen-bond donors (Lipinski definition) is 1. The Balaban J connectivity index is 1.63. The molecule has 2 heteroatoms. The molecular weight excluding hydrogens is 232 g/mol. The maximum Gasteiger partial charge on any atom is 0.0309 e. The van der Waals surface area contributed by atoms with E-state index in [-0.39, 0.29) is 0 Å². The number of rotatable bonds is 5. The minimum absolute atomic E-state index is 0.494. The van der Waals surface area contributed by atoms with E-state index in [2.05, 4.69) is 24.1 Å². The monoisotopic (exact) mass is 264 g/mol. The first-order valence-corrected chi connectivity index (χ1v) is 8.71. The minimum atomic E-state index is 0.494. The maximum absolute atomic E-state index is 3.95. The average molecular weight is 264 g/mol. The zero-order valence-electron chi connectivity index (χ0n) is 13.0. The van der Waals surface area contributed by atoms with Crippen LogP contribution in [0.25, 0.3) is 0 Å². The molecule has 0 radical (unpaired) electrons. The number of nitrogens with one attached hydrogen (secondary N) is 1. The van der Waals surface area contributed by atoms with E-state index in [1.807, 2.05) is 0 Å². The molecule has 3 rings (SSSR count). The van der Waals surface area contributed by atoms with E-state index < -0.39 is 0 Å². The highest BCUT2D eigenvalue weighted by molar-refractivity contribution is 5.01. The summed E-state index contributed by atoms with van der Waals surface area (Å²) in [4.78, 5) is 2.87. The van der Waals surface area contributed by atoms with Crippen LogP contribution in [0.1, 0.15) is 65.2 Å². The molecule has 0 aromatic carbocycles. The molecule has 1 N–H and O–H groups in total. The Labute approximate surface area is 119 Å². The summed E-state index contributed by atoms with van der Waals surface area (Å²) in [6, 6.07) is 0.787. The number of hydrogen-bond acceptors (Lipinski definition) is 2. The fraction of sp³-hybridized carbons (Fsp3) is 1.00. The highest BCUT2D eigenvalue weighted by atomic mass is 15.3. The molecule has 2 saturated carbocycles. The second-order valence-electron chi connectivity index (χ2n) is 7.52. The van der Waals surface area contributed by atoms with Crippen LogP contribution in [0, 0.1) is 11.8 Å². The van der Waals surface area contributed by atoms with Gasteiger partial charge in [0.2, 0.25) is 0 Å². The fourth-order valence-electron chi connectivity index (χ4n) is 4.23. The molecule has 1 saturated heterocycles. The summed E-state index contributed by atoms with van der Waals surface area (Å²) in [5.74, 6) is 1.91. The second kappa shape index (κ2) is 5.73. The van der Waals surface area contributed by atoms with Gasteiger partial charge in [0.05, 0.1) is 0 Å². The molecule has 19 heavy (non-hydrogen) atoms. The molecule has 0 bridgehead atoms. The highest BCUT2D eigenvalue weighted by Gasteiger charge is 2.42. The lowest BCUT2D eigenvalue weighted by Crippen LogP contribution is -2.64. The van der Waals surface area contributed by atoms with Crippen molar-refractivity contribution >= 4 is 0 Å². The van der Waals surface area contributed by atoms with Crippen LogP contribution in [0.2, 0.25) is 0 Å². The van der Waals surface area contributed by atoms with Crippen molar-refractivity contribution in [3.8, 4) is 0 Å². The molecule has 3 aliphatic rings. The third kappa shape index (κ3) is 3.16. The zero-order valence-corrected chi connectivity index (χ0v) is 13.0. The Morgan fingerprint density at radius 3 is 2.63 bits per heavy atom. The van der Waals surface area contributed by atoms with Gasteiger partial charge in [-0.05, 0) is 37.6 Å². The molecule has 2 nitrogen and oxygen atoms in total. The quantitative estimate of drug-likeness (QED) is 0.818. The van der Waals surface area contributed by atoms with E-state index in [0.717, 1.165) is 17.9 Å². The first-order chi connectivity index (χ1) is 9.22. The summed E-state index contributed by atoms with van der Waals surface area (Å²) in [5.41, 5.74) is 0.494. The lowest BCUT2D eigenvalue weighted by Gasteiger charge is -2.48. The highest BCUT2D eigenvalue weighted by Crippen LogP contribution is 2.37. The van der Waals surface area contributed by atoms with Crippen LogP contribution in [0.5, 0.6) is 0 Å². The van der Waals surface area contributed by atoms with Gasteiger partial charge in [0, 0.05) is 24.7 Å². The molecule has 1 heterocycles. The average Bonchev–Trinajstić information content (AvgIpc) is 3.16. The van der Waals surface area contributed by atoms with Crippen molar-refractivity contribution in [3.63, 3.8) is 0 Å². The van der Waals surface area contributed by atoms with Gasteiger partial charge in [-0.15, -0.1) is 0 Å². The zero-order chi connectivity index (χ0) is 13.3. The molecule has 1 spiro atoms. The van der Waals surface area contributed by atoms with E-state index in [4.69, 9.17) is 0 Å².